The molecule has 1 N–H and O–H groups in total. The highest BCUT2D eigenvalue weighted by molar-refractivity contribution is 14.1. The topological polar surface area (TPSA) is 29.5 Å². The van der Waals surface area contributed by atoms with Crippen LogP contribution in [0.5, 0.6) is 0 Å². The summed E-state index contributed by atoms with van der Waals surface area (Å²) in [5.74, 6) is 0. The molecule has 0 heterocycles. The maximum absolute atomic E-state index is 10.2. The van der Waals surface area contributed by atoms with Gasteiger partial charge in [-0.15, -0.1) is 0 Å². The maximum atomic E-state index is 10.2. The molecule has 106 valence electrons. The Kier molecular flexibility index (Phi) is 5.26. The molecule has 0 bridgehead atoms. The van der Waals surface area contributed by atoms with E-state index in [1.54, 1.807) is 0 Å². The summed E-state index contributed by atoms with van der Waals surface area (Å²) in [6.45, 7) is 4.29. The molecule has 1 aromatic carbocycles. The van der Waals surface area contributed by atoms with Crippen LogP contribution in [-0.4, -0.2) is 10.7 Å². The molecular weight excluding hydrogens is 351 g/mol. The van der Waals surface area contributed by atoms with Crippen LogP contribution in [0.4, 0.5) is 0 Å². The third-order valence-corrected chi connectivity index (χ3v) is 5.60. The molecule has 2 rings (SSSR count). The van der Waals surface area contributed by atoms with E-state index in [0.29, 0.717) is 3.92 Å². The first-order valence-corrected chi connectivity index (χ1v) is 8.38. The lowest BCUT2D eigenvalue weighted by atomic mass is 10.0. The average Bonchev–Trinajstić information content (AvgIpc) is 2.84. The molecule has 2 atom stereocenters. The molecule has 0 radical (unpaired) electrons. The van der Waals surface area contributed by atoms with E-state index in [4.69, 9.17) is 4.74 Å². The van der Waals surface area contributed by atoms with E-state index in [1.165, 1.54) is 18.4 Å². The molecule has 0 aromatic heterocycles. The van der Waals surface area contributed by atoms with Gasteiger partial charge in [0, 0.05) is 9.49 Å². The number of halogens is 1. The van der Waals surface area contributed by atoms with Gasteiger partial charge in [0.05, 0.1) is 5.60 Å². The Morgan fingerprint density at radius 2 is 1.74 bits per heavy atom. The van der Waals surface area contributed by atoms with E-state index >= 15 is 0 Å². The Balaban J connectivity index is 2.01. The highest BCUT2D eigenvalue weighted by atomic mass is 127. The molecular formula is C16H23IO2. The fraction of sp³-hybridized carbons (Fsp3) is 0.625. The molecule has 1 aromatic rings. The number of aliphatic hydroxyl groups is 1. The molecule has 0 aliphatic heterocycles. The normalized spacial score (nSPS) is 21.3. The summed E-state index contributed by atoms with van der Waals surface area (Å²) in [5.41, 5.74) is 2.02. The van der Waals surface area contributed by atoms with Crippen molar-refractivity contribution < 1.29 is 9.84 Å². The second-order valence-electron chi connectivity index (χ2n) is 5.67. The zero-order chi connectivity index (χ0) is 13.9. The average molecular weight is 374 g/mol. The van der Waals surface area contributed by atoms with E-state index in [9.17, 15) is 5.11 Å². The predicted molar refractivity (Wildman–Crippen MR) is 86.4 cm³/mol. The number of hydrogen-bond donors (Lipinski definition) is 1. The number of ether oxygens (including phenoxy) is 1. The number of hydrogen-bond acceptors (Lipinski definition) is 2. The number of aliphatic hydroxyl groups excluding tert-OH is 1. The van der Waals surface area contributed by atoms with E-state index in [1.807, 2.05) is 12.1 Å². The van der Waals surface area contributed by atoms with Gasteiger partial charge in [-0.2, -0.15) is 0 Å². The monoisotopic (exact) mass is 374 g/mol. The molecule has 3 heteroatoms. The van der Waals surface area contributed by atoms with Crippen molar-refractivity contribution in [2.24, 2.45) is 0 Å². The fourth-order valence-corrected chi connectivity index (χ4v) is 3.10. The second kappa shape index (κ2) is 6.55. The van der Waals surface area contributed by atoms with Gasteiger partial charge in [0.2, 0.25) is 0 Å². The number of rotatable bonds is 5. The zero-order valence-electron chi connectivity index (χ0n) is 11.7. The zero-order valence-corrected chi connectivity index (χ0v) is 13.9. The van der Waals surface area contributed by atoms with Crippen molar-refractivity contribution in [3.05, 3.63) is 35.4 Å². The summed E-state index contributed by atoms with van der Waals surface area (Å²) in [4.78, 5) is 0. The van der Waals surface area contributed by atoms with Gasteiger partial charge >= 0.3 is 0 Å². The summed E-state index contributed by atoms with van der Waals surface area (Å²) in [6.07, 6.45) is 4.83. The summed E-state index contributed by atoms with van der Waals surface area (Å²) in [5, 5.41) is 10.2. The van der Waals surface area contributed by atoms with Gasteiger partial charge in [-0.3, -0.25) is 0 Å². The van der Waals surface area contributed by atoms with Crippen LogP contribution in [-0.2, 0) is 4.74 Å². The third-order valence-electron chi connectivity index (χ3n) is 4.00. The largest absolute Gasteiger partial charge is 0.364 e. The van der Waals surface area contributed by atoms with Gasteiger partial charge in [0.15, 0.2) is 6.29 Å². The quantitative estimate of drug-likeness (QED) is 0.451. The minimum atomic E-state index is -0.800. The fourth-order valence-electron chi connectivity index (χ4n) is 2.68. The van der Waals surface area contributed by atoms with E-state index in [0.717, 1.165) is 24.8 Å². The minimum absolute atomic E-state index is 0.146. The van der Waals surface area contributed by atoms with Crippen molar-refractivity contribution in [1.29, 1.82) is 0 Å². The number of alkyl halides is 1. The summed E-state index contributed by atoms with van der Waals surface area (Å²) in [7, 11) is 0. The van der Waals surface area contributed by atoms with Gasteiger partial charge < -0.3 is 9.84 Å². The van der Waals surface area contributed by atoms with Crippen LogP contribution in [0.2, 0.25) is 0 Å². The Bertz CT molecular complexity index is 396. The first-order valence-electron chi connectivity index (χ1n) is 7.14. The van der Waals surface area contributed by atoms with Gasteiger partial charge in [-0.25, -0.2) is 0 Å². The van der Waals surface area contributed by atoms with Gasteiger partial charge in [0.25, 0.3) is 0 Å². The van der Waals surface area contributed by atoms with Gasteiger partial charge in [-0.05, 0) is 31.7 Å². The van der Waals surface area contributed by atoms with Crippen LogP contribution in [0.15, 0.2) is 24.3 Å². The van der Waals surface area contributed by atoms with Crippen molar-refractivity contribution in [2.75, 3.05) is 0 Å². The maximum Gasteiger partial charge on any atom is 0.181 e. The predicted octanol–water partition coefficient (Wildman–Crippen LogP) is 4.91. The lowest BCUT2D eigenvalue weighted by molar-refractivity contribution is -0.180. The van der Waals surface area contributed by atoms with Crippen molar-refractivity contribution in [3.8, 4) is 0 Å². The molecule has 1 fully saturated rings. The SMILES string of the molecule is CCC(I)c1ccc(C(O)OC2(C)CCCC2)cc1. The summed E-state index contributed by atoms with van der Waals surface area (Å²) < 4.78 is 6.40. The highest BCUT2D eigenvalue weighted by Gasteiger charge is 2.32. The van der Waals surface area contributed by atoms with Crippen molar-refractivity contribution in [3.63, 3.8) is 0 Å². The van der Waals surface area contributed by atoms with Crippen molar-refractivity contribution in [1.82, 2.24) is 0 Å². The molecule has 1 aliphatic carbocycles. The first kappa shape index (κ1) is 15.3. The van der Waals surface area contributed by atoms with E-state index in [2.05, 4.69) is 48.6 Å². The highest BCUT2D eigenvalue weighted by Crippen LogP contribution is 2.36. The smallest absolute Gasteiger partial charge is 0.181 e. The van der Waals surface area contributed by atoms with E-state index in [-0.39, 0.29) is 5.60 Å². The van der Waals surface area contributed by atoms with Crippen LogP contribution in [0.25, 0.3) is 0 Å². The summed E-state index contributed by atoms with van der Waals surface area (Å²) in [6, 6.07) is 8.16. The summed E-state index contributed by atoms with van der Waals surface area (Å²) >= 11 is 2.45. The van der Waals surface area contributed by atoms with Crippen molar-refractivity contribution >= 4 is 22.6 Å². The molecule has 0 amide bonds. The van der Waals surface area contributed by atoms with Crippen molar-refractivity contribution in [2.45, 2.75) is 61.8 Å². The molecule has 0 spiro atoms. The van der Waals surface area contributed by atoms with Crippen LogP contribution < -0.4 is 0 Å². The van der Waals surface area contributed by atoms with Gasteiger partial charge in [0.1, 0.15) is 0 Å². The van der Waals surface area contributed by atoms with E-state index < -0.39 is 6.29 Å². The second-order valence-corrected chi connectivity index (χ2v) is 7.17. The lowest BCUT2D eigenvalue weighted by Gasteiger charge is -2.28. The lowest BCUT2D eigenvalue weighted by Crippen LogP contribution is -2.26. The Labute approximate surface area is 129 Å². The van der Waals surface area contributed by atoms with Crippen LogP contribution >= 0.6 is 22.6 Å². The Hall–Kier alpha value is -0.130. The molecule has 1 saturated carbocycles. The molecule has 2 unspecified atom stereocenters. The Morgan fingerprint density at radius 3 is 2.26 bits per heavy atom. The molecule has 1 aliphatic rings. The van der Waals surface area contributed by atoms with Crippen LogP contribution in [0.1, 0.15) is 67.3 Å². The van der Waals surface area contributed by atoms with Gasteiger partial charge in [-0.1, -0.05) is 66.6 Å². The Morgan fingerprint density at radius 1 is 1.21 bits per heavy atom. The van der Waals surface area contributed by atoms with Crippen LogP contribution in [0, 0.1) is 0 Å². The van der Waals surface area contributed by atoms with Crippen LogP contribution in [0.3, 0.4) is 0 Å². The standard InChI is InChI=1S/C16H23IO2/c1-3-14(17)12-6-8-13(9-7-12)15(18)19-16(2)10-4-5-11-16/h6-9,14-15,18H,3-5,10-11H2,1-2H3. The first-order chi connectivity index (χ1) is 9.04. The molecule has 2 nitrogen and oxygen atoms in total. The molecule has 0 saturated heterocycles. The third kappa shape index (κ3) is 3.92. The molecule has 19 heavy (non-hydrogen) atoms. The minimum Gasteiger partial charge on any atom is -0.364 e. The number of benzene rings is 1.